The average molecular weight is 442 g/mol. The number of piperidine rings is 1. The monoisotopic (exact) mass is 441 g/mol. The standard InChI is InChI=1S/C19H27N3O5S2/c1-28-18-11-17-16(26-7-8-27-17)10-15(18)21-19(23)22-5-2-13(3-6-22)20-14-4-9-29(24,25)12-14/h10-11,13-14,20H,2-9,12H2,1H3,(H,21,23)/t14-/m1/s1. The predicted octanol–water partition coefficient (Wildman–Crippen LogP) is 1.95. The van der Waals surface area contributed by atoms with Gasteiger partial charge in [0, 0.05) is 36.1 Å². The molecule has 4 rings (SSSR count). The van der Waals surface area contributed by atoms with Gasteiger partial charge in [0.2, 0.25) is 0 Å². The van der Waals surface area contributed by atoms with Gasteiger partial charge in [-0.2, -0.15) is 0 Å². The molecule has 3 heterocycles. The molecule has 1 atom stereocenters. The Morgan fingerprint density at radius 2 is 1.79 bits per heavy atom. The zero-order valence-corrected chi connectivity index (χ0v) is 18.1. The molecule has 0 unspecified atom stereocenters. The maximum absolute atomic E-state index is 12.8. The third kappa shape index (κ3) is 4.92. The molecule has 29 heavy (non-hydrogen) atoms. The summed E-state index contributed by atoms with van der Waals surface area (Å²) in [5.74, 6) is 1.87. The number of sulfone groups is 1. The summed E-state index contributed by atoms with van der Waals surface area (Å²) in [4.78, 5) is 15.5. The van der Waals surface area contributed by atoms with Crippen LogP contribution in [0, 0.1) is 0 Å². The lowest BCUT2D eigenvalue weighted by molar-refractivity contribution is 0.171. The summed E-state index contributed by atoms with van der Waals surface area (Å²) in [5.41, 5.74) is 0.725. The van der Waals surface area contributed by atoms with E-state index in [0.29, 0.717) is 44.2 Å². The Morgan fingerprint density at radius 3 is 2.41 bits per heavy atom. The normalized spacial score (nSPS) is 23.8. The summed E-state index contributed by atoms with van der Waals surface area (Å²) in [6.45, 7) is 2.31. The molecule has 3 aliphatic rings. The van der Waals surface area contributed by atoms with Crippen LogP contribution in [0.15, 0.2) is 17.0 Å². The number of likely N-dealkylation sites (tertiary alicyclic amines) is 1. The number of nitrogens with zero attached hydrogens (tertiary/aromatic N) is 1. The van der Waals surface area contributed by atoms with Gasteiger partial charge in [-0.15, -0.1) is 11.8 Å². The lowest BCUT2D eigenvalue weighted by Gasteiger charge is -2.34. The first-order chi connectivity index (χ1) is 13.9. The Hall–Kier alpha value is -1.65. The Kier molecular flexibility index (Phi) is 6.12. The van der Waals surface area contributed by atoms with Crippen LogP contribution in [-0.2, 0) is 9.84 Å². The quantitative estimate of drug-likeness (QED) is 0.690. The van der Waals surface area contributed by atoms with Crippen molar-refractivity contribution in [3.05, 3.63) is 12.1 Å². The van der Waals surface area contributed by atoms with E-state index in [1.165, 1.54) is 0 Å². The van der Waals surface area contributed by atoms with Gasteiger partial charge in [-0.1, -0.05) is 0 Å². The number of ether oxygens (including phenoxy) is 2. The second-order valence-electron chi connectivity index (χ2n) is 7.65. The summed E-state index contributed by atoms with van der Waals surface area (Å²) in [5, 5.41) is 6.47. The topological polar surface area (TPSA) is 97.0 Å². The van der Waals surface area contributed by atoms with Crippen LogP contribution in [0.25, 0.3) is 0 Å². The number of nitrogens with one attached hydrogen (secondary N) is 2. The molecule has 0 bridgehead atoms. The average Bonchev–Trinajstić information content (AvgIpc) is 3.06. The highest BCUT2D eigenvalue weighted by molar-refractivity contribution is 7.98. The molecule has 10 heteroatoms. The Morgan fingerprint density at radius 1 is 1.10 bits per heavy atom. The number of amides is 2. The highest BCUT2D eigenvalue weighted by atomic mass is 32.2. The van der Waals surface area contributed by atoms with Crippen molar-refractivity contribution < 1.29 is 22.7 Å². The Balaban J connectivity index is 1.32. The number of thioether (sulfide) groups is 1. The van der Waals surface area contributed by atoms with E-state index >= 15 is 0 Å². The van der Waals surface area contributed by atoms with Crippen molar-refractivity contribution in [1.82, 2.24) is 10.2 Å². The summed E-state index contributed by atoms with van der Waals surface area (Å²) in [6, 6.07) is 3.91. The molecule has 0 spiro atoms. The molecular weight excluding hydrogens is 414 g/mol. The molecule has 0 saturated carbocycles. The third-order valence-electron chi connectivity index (χ3n) is 5.59. The van der Waals surface area contributed by atoms with Gasteiger partial charge in [-0.25, -0.2) is 13.2 Å². The van der Waals surface area contributed by atoms with Gasteiger partial charge in [0.1, 0.15) is 13.2 Å². The van der Waals surface area contributed by atoms with Gasteiger partial charge in [0.25, 0.3) is 0 Å². The molecule has 2 saturated heterocycles. The second kappa shape index (κ2) is 8.61. The lowest BCUT2D eigenvalue weighted by atomic mass is 10.0. The van der Waals surface area contributed by atoms with E-state index in [1.807, 2.05) is 23.3 Å². The first-order valence-corrected chi connectivity index (χ1v) is 13.0. The van der Waals surface area contributed by atoms with Crippen LogP contribution in [0.1, 0.15) is 19.3 Å². The summed E-state index contributed by atoms with van der Waals surface area (Å²) in [7, 11) is -2.88. The maximum Gasteiger partial charge on any atom is 0.321 e. The zero-order chi connectivity index (χ0) is 20.4. The summed E-state index contributed by atoms with van der Waals surface area (Å²) >= 11 is 1.55. The molecule has 2 N–H and O–H groups in total. The van der Waals surface area contributed by atoms with Crippen molar-refractivity contribution in [2.75, 3.05) is 49.4 Å². The van der Waals surface area contributed by atoms with E-state index in [-0.39, 0.29) is 29.6 Å². The first-order valence-electron chi connectivity index (χ1n) is 9.93. The van der Waals surface area contributed by atoms with Gasteiger partial charge in [0.05, 0.1) is 17.2 Å². The second-order valence-corrected chi connectivity index (χ2v) is 10.7. The van der Waals surface area contributed by atoms with Crippen molar-refractivity contribution in [1.29, 1.82) is 0 Å². The van der Waals surface area contributed by atoms with E-state index in [2.05, 4.69) is 10.6 Å². The molecule has 3 aliphatic heterocycles. The number of carbonyl (C=O) groups excluding carboxylic acids is 1. The highest BCUT2D eigenvalue weighted by Gasteiger charge is 2.31. The minimum absolute atomic E-state index is 0.0484. The van der Waals surface area contributed by atoms with Crippen molar-refractivity contribution in [2.24, 2.45) is 0 Å². The Labute approximate surface area is 175 Å². The SMILES string of the molecule is CSc1cc2c(cc1NC(=O)N1CCC(N[C@@H]3CCS(=O)(=O)C3)CC1)OCCO2. The smallest absolute Gasteiger partial charge is 0.321 e. The molecule has 2 amide bonds. The summed E-state index contributed by atoms with van der Waals surface area (Å²) in [6.07, 6.45) is 4.28. The van der Waals surface area contributed by atoms with E-state index < -0.39 is 9.84 Å². The van der Waals surface area contributed by atoms with E-state index in [0.717, 1.165) is 23.4 Å². The fourth-order valence-electron chi connectivity index (χ4n) is 4.04. The largest absolute Gasteiger partial charge is 0.486 e. The molecule has 2 fully saturated rings. The number of fused-ring (bicyclic) bond motifs is 1. The maximum atomic E-state index is 12.8. The van der Waals surface area contributed by atoms with Crippen LogP contribution in [0.4, 0.5) is 10.5 Å². The first kappa shape index (κ1) is 20.6. The van der Waals surface area contributed by atoms with Crippen LogP contribution >= 0.6 is 11.8 Å². The molecule has 0 aromatic heterocycles. The van der Waals surface area contributed by atoms with Gasteiger partial charge < -0.3 is 25.0 Å². The van der Waals surface area contributed by atoms with Gasteiger partial charge in [-0.3, -0.25) is 0 Å². The molecule has 8 nitrogen and oxygen atoms in total. The number of hydrogen-bond donors (Lipinski definition) is 2. The zero-order valence-electron chi connectivity index (χ0n) is 16.5. The lowest BCUT2D eigenvalue weighted by Crippen LogP contribution is -2.49. The molecule has 0 aliphatic carbocycles. The number of urea groups is 1. The van der Waals surface area contributed by atoms with E-state index in [9.17, 15) is 13.2 Å². The predicted molar refractivity (Wildman–Crippen MR) is 113 cm³/mol. The highest BCUT2D eigenvalue weighted by Crippen LogP contribution is 2.39. The van der Waals surface area contributed by atoms with Crippen molar-refractivity contribution in [2.45, 2.75) is 36.2 Å². The van der Waals surface area contributed by atoms with Crippen molar-refractivity contribution in [3.8, 4) is 11.5 Å². The molecule has 160 valence electrons. The summed E-state index contributed by atoms with van der Waals surface area (Å²) < 4.78 is 34.5. The van der Waals surface area contributed by atoms with E-state index in [1.54, 1.807) is 11.8 Å². The number of anilines is 1. The molecule has 0 radical (unpaired) electrons. The molecule has 1 aromatic rings. The minimum atomic E-state index is -2.88. The number of rotatable bonds is 4. The fraction of sp³-hybridized carbons (Fsp3) is 0.632. The van der Waals surface area contributed by atoms with Gasteiger partial charge in [-0.05, 0) is 31.6 Å². The van der Waals surface area contributed by atoms with Crippen LogP contribution in [0.2, 0.25) is 0 Å². The molecule has 1 aromatic carbocycles. The minimum Gasteiger partial charge on any atom is -0.486 e. The van der Waals surface area contributed by atoms with Gasteiger partial charge in [0.15, 0.2) is 21.3 Å². The van der Waals surface area contributed by atoms with Crippen LogP contribution in [0.3, 0.4) is 0 Å². The number of carbonyl (C=O) groups is 1. The van der Waals surface area contributed by atoms with E-state index in [4.69, 9.17) is 9.47 Å². The fourth-order valence-corrected chi connectivity index (χ4v) is 6.28. The number of benzene rings is 1. The third-order valence-corrected chi connectivity index (χ3v) is 8.14. The number of hydrogen-bond acceptors (Lipinski definition) is 7. The Bertz CT molecular complexity index is 869. The van der Waals surface area contributed by atoms with Crippen molar-refractivity contribution in [3.63, 3.8) is 0 Å². The van der Waals surface area contributed by atoms with Crippen molar-refractivity contribution >= 4 is 33.3 Å². The molecular formula is C19H27N3O5S2. The van der Waals surface area contributed by atoms with Crippen LogP contribution in [0.5, 0.6) is 11.5 Å². The van der Waals surface area contributed by atoms with Crippen LogP contribution in [-0.4, -0.2) is 75.5 Å². The van der Waals surface area contributed by atoms with Gasteiger partial charge >= 0.3 is 6.03 Å². The van der Waals surface area contributed by atoms with Crippen LogP contribution < -0.4 is 20.1 Å².